The van der Waals surface area contributed by atoms with Crippen molar-refractivity contribution < 1.29 is 9.53 Å². The van der Waals surface area contributed by atoms with Crippen molar-refractivity contribution in [2.45, 2.75) is 19.4 Å². The molecule has 7 heteroatoms. The van der Waals surface area contributed by atoms with Crippen LogP contribution in [0.15, 0.2) is 0 Å². The molecule has 1 aromatic rings. The van der Waals surface area contributed by atoms with E-state index in [9.17, 15) is 4.79 Å². The van der Waals surface area contributed by atoms with E-state index >= 15 is 0 Å². The molecule has 0 aliphatic heterocycles. The van der Waals surface area contributed by atoms with E-state index in [4.69, 9.17) is 4.74 Å². The lowest BCUT2D eigenvalue weighted by Gasteiger charge is -2.08. The fourth-order valence-electron chi connectivity index (χ4n) is 0.926. The molecule has 1 rings (SSSR count). The Bertz CT molecular complexity index is 274. The van der Waals surface area contributed by atoms with Crippen molar-refractivity contribution in [2.24, 2.45) is 0 Å². The minimum atomic E-state index is -0.238. The van der Waals surface area contributed by atoms with Gasteiger partial charge in [0.05, 0.1) is 12.6 Å². The molecule has 1 unspecified atom stereocenters. The van der Waals surface area contributed by atoms with E-state index in [-0.39, 0.29) is 11.9 Å². The largest absolute Gasteiger partial charge is 0.384 e. The number of amides is 1. The first-order chi connectivity index (χ1) is 6.74. The van der Waals surface area contributed by atoms with Crippen molar-refractivity contribution in [3.8, 4) is 0 Å². The van der Waals surface area contributed by atoms with Crippen molar-refractivity contribution in [1.29, 1.82) is 0 Å². The Morgan fingerprint density at radius 3 is 3.07 bits per heavy atom. The number of carbonyl (C=O) groups is 1. The van der Waals surface area contributed by atoms with E-state index in [1.165, 1.54) is 0 Å². The third-order valence-corrected chi connectivity index (χ3v) is 1.66. The molecule has 78 valence electrons. The summed E-state index contributed by atoms with van der Waals surface area (Å²) in [5.41, 5.74) is 0. The number of nitrogens with one attached hydrogen (secondary N) is 2. The first-order valence-corrected chi connectivity index (χ1v) is 4.25. The zero-order valence-electron chi connectivity index (χ0n) is 8.15. The molecule has 0 aromatic carbocycles. The van der Waals surface area contributed by atoms with E-state index in [0.29, 0.717) is 18.9 Å². The van der Waals surface area contributed by atoms with Gasteiger partial charge in [-0.3, -0.25) is 4.79 Å². The fourth-order valence-corrected chi connectivity index (χ4v) is 0.926. The van der Waals surface area contributed by atoms with Crippen LogP contribution < -0.4 is 5.32 Å². The minimum absolute atomic E-state index is 0.0934. The van der Waals surface area contributed by atoms with Crippen LogP contribution in [0.5, 0.6) is 0 Å². The third-order valence-electron chi connectivity index (χ3n) is 1.66. The van der Waals surface area contributed by atoms with Gasteiger partial charge in [-0.05, 0) is 6.92 Å². The number of tetrazole rings is 1. The molecule has 7 nitrogen and oxygen atoms in total. The molecule has 0 aliphatic carbocycles. The number of carbonyl (C=O) groups excluding carboxylic acids is 1. The highest BCUT2D eigenvalue weighted by Crippen LogP contribution is 2.02. The summed E-state index contributed by atoms with van der Waals surface area (Å²) >= 11 is 0. The van der Waals surface area contributed by atoms with Crippen LogP contribution >= 0.6 is 0 Å². The zero-order valence-corrected chi connectivity index (χ0v) is 8.15. The predicted molar refractivity (Wildman–Crippen MR) is 47.2 cm³/mol. The monoisotopic (exact) mass is 199 g/mol. The van der Waals surface area contributed by atoms with Crippen LogP contribution in [0, 0.1) is 0 Å². The summed E-state index contributed by atoms with van der Waals surface area (Å²) in [4.78, 5) is 11.2. The smallest absolute Gasteiger partial charge is 0.222 e. The van der Waals surface area contributed by atoms with Crippen molar-refractivity contribution in [1.82, 2.24) is 25.9 Å². The zero-order chi connectivity index (χ0) is 10.4. The van der Waals surface area contributed by atoms with E-state index < -0.39 is 0 Å². The molecule has 1 atom stereocenters. The van der Waals surface area contributed by atoms with Crippen molar-refractivity contribution in [3.05, 3.63) is 5.82 Å². The first kappa shape index (κ1) is 10.6. The third kappa shape index (κ3) is 3.09. The van der Waals surface area contributed by atoms with Crippen molar-refractivity contribution in [2.75, 3.05) is 13.7 Å². The summed E-state index contributed by atoms with van der Waals surface area (Å²) < 4.78 is 4.77. The SMILES string of the molecule is COCCC(=O)NC(C)c1nn[nH]n1. The topological polar surface area (TPSA) is 92.8 Å². The Morgan fingerprint density at radius 2 is 2.50 bits per heavy atom. The minimum Gasteiger partial charge on any atom is -0.384 e. The van der Waals surface area contributed by atoms with E-state index in [1.54, 1.807) is 14.0 Å². The maximum atomic E-state index is 11.2. The summed E-state index contributed by atoms with van der Waals surface area (Å²) in [6, 6.07) is -0.238. The van der Waals surface area contributed by atoms with Gasteiger partial charge in [-0.2, -0.15) is 5.21 Å². The van der Waals surface area contributed by atoms with Gasteiger partial charge in [-0.25, -0.2) is 0 Å². The number of nitrogens with zero attached hydrogens (tertiary/aromatic N) is 3. The van der Waals surface area contributed by atoms with Crippen LogP contribution in [-0.2, 0) is 9.53 Å². The summed E-state index contributed by atoms with van der Waals surface area (Å²) in [7, 11) is 1.55. The molecule has 0 bridgehead atoms. The van der Waals surface area contributed by atoms with Gasteiger partial charge in [0, 0.05) is 13.5 Å². The fraction of sp³-hybridized carbons (Fsp3) is 0.714. The van der Waals surface area contributed by atoms with Gasteiger partial charge in [0.1, 0.15) is 0 Å². The molecule has 0 spiro atoms. The number of rotatable bonds is 5. The molecular formula is C7H13N5O2. The summed E-state index contributed by atoms with van der Waals surface area (Å²) in [5, 5.41) is 15.9. The Morgan fingerprint density at radius 1 is 1.71 bits per heavy atom. The lowest BCUT2D eigenvalue weighted by molar-refractivity contribution is -0.122. The molecule has 2 N–H and O–H groups in total. The van der Waals surface area contributed by atoms with Crippen molar-refractivity contribution >= 4 is 5.91 Å². The molecule has 1 aromatic heterocycles. The molecule has 1 heterocycles. The maximum absolute atomic E-state index is 11.2. The van der Waals surface area contributed by atoms with Gasteiger partial charge in [0.15, 0.2) is 5.82 Å². The van der Waals surface area contributed by atoms with Gasteiger partial charge >= 0.3 is 0 Å². The lowest BCUT2D eigenvalue weighted by Crippen LogP contribution is -2.28. The standard InChI is InChI=1S/C7H13N5O2/c1-5(7-9-11-12-10-7)8-6(13)3-4-14-2/h5H,3-4H2,1-2H3,(H,8,13)(H,9,10,11,12). The van der Waals surface area contributed by atoms with Crippen LogP contribution in [0.3, 0.4) is 0 Å². The van der Waals surface area contributed by atoms with E-state index in [2.05, 4.69) is 25.9 Å². The van der Waals surface area contributed by atoms with E-state index in [0.717, 1.165) is 0 Å². The Kier molecular flexibility index (Phi) is 3.99. The number of aromatic nitrogens is 4. The maximum Gasteiger partial charge on any atom is 0.222 e. The first-order valence-electron chi connectivity index (χ1n) is 4.25. The van der Waals surface area contributed by atoms with Crippen LogP contribution in [0.1, 0.15) is 25.2 Å². The quantitative estimate of drug-likeness (QED) is 0.661. The Labute approximate surface area is 81.2 Å². The van der Waals surface area contributed by atoms with Gasteiger partial charge in [0.2, 0.25) is 5.91 Å². The highest BCUT2D eigenvalue weighted by atomic mass is 16.5. The second-order valence-corrected chi connectivity index (χ2v) is 2.80. The highest BCUT2D eigenvalue weighted by molar-refractivity contribution is 5.76. The summed E-state index contributed by atoms with van der Waals surface area (Å²) in [5.74, 6) is 0.375. The molecule has 0 fully saturated rings. The van der Waals surface area contributed by atoms with Crippen molar-refractivity contribution in [3.63, 3.8) is 0 Å². The average molecular weight is 199 g/mol. The van der Waals surface area contributed by atoms with Gasteiger partial charge < -0.3 is 10.1 Å². The molecular weight excluding hydrogens is 186 g/mol. The predicted octanol–water partition coefficient (Wildman–Crippen LogP) is -0.587. The number of aromatic amines is 1. The summed E-state index contributed by atoms with van der Waals surface area (Å²) in [6.45, 7) is 2.19. The molecule has 0 saturated heterocycles. The second kappa shape index (κ2) is 5.28. The summed E-state index contributed by atoms with van der Waals surface area (Å²) in [6.07, 6.45) is 0.332. The lowest BCUT2D eigenvalue weighted by atomic mass is 10.3. The Balaban J connectivity index is 2.33. The van der Waals surface area contributed by atoms with Gasteiger partial charge in [0.25, 0.3) is 0 Å². The molecule has 1 amide bonds. The number of ether oxygens (including phenoxy) is 1. The highest BCUT2D eigenvalue weighted by Gasteiger charge is 2.12. The van der Waals surface area contributed by atoms with Crippen LogP contribution in [0.4, 0.5) is 0 Å². The molecule has 14 heavy (non-hydrogen) atoms. The van der Waals surface area contributed by atoms with Gasteiger partial charge in [-0.15, -0.1) is 10.2 Å². The van der Waals surface area contributed by atoms with Crippen LogP contribution in [0.25, 0.3) is 0 Å². The molecule has 0 aliphatic rings. The number of hydrogen-bond donors (Lipinski definition) is 2. The van der Waals surface area contributed by atoms with Crippen LogP contribution in [-0.4, -0.2) is 40.2 Å². The Hall–Kier alpha value is -1.50. The van der Waals surface area contributed by atoms with Crippen LogP contribution in [0.2, 0.25) is 0 Å². The van der Waals surface area contributed by atoms with E-state index in [1.807, 2.05) is 0 Å². The number of hydrogen-bond acceptors (Lipinski definition) is 5. The molecule has 0 radical (unpaired) electrons. The average Bonchev–Trinajstić information content (AvgIpc) is 2.67. The normalized spacial score (nSPS) is 12.4. The number of H-pyrrole nitrogens is 1. The molecule has 0 saturated carbocycles. The number of methoxy groups -OCH3 is 1. The second-order valence-electron chi connectivity index (χ2n) is 2.80. The van der Waals surface area contributed by atoms with Gasteiger partial charge in [-0.1, -0.05) is 5.21 Å².